The monoisotopic (exact) mass is 302 g/mol. The van der Waals surface area contributed by atoms with Gasteiger partial charge in [0.15, 0.2) is 0 Å². The molecular weight excluding hydrogens is 280 g/mol. The number of hydrogen-bond acceptors (Lipinski definition) is 2. The number of hydrogen-bond donors (Lipinski definition) is 0. The first kappa shape index (κ1) is 15.4. The lowest BCUT2D eigenvalue weighted by Gasteiger charge is -2.18. The van der Waals surface area contributed by atoms with Crippen LogP contribution in [0.4, 0.5) is 0 Å². The summed E-state index contributed by atoms with van der Waals surface area (Å²) < 4.78 is 0. The summed E-state index contributed by atoms with van der Waals surface area (Å²) in [4.78, 5) is 9.12. The largest absolute Gasteiger partial charge is 0.255 e. The normalized spacial score (nSPS) is 10.8. The molecule has 23 heavy (non-hydrogen) atoms. The summed E-state index contributed by atoms with van der Waals surface area (Å²) in [5, 5.41) is 0. The number of aryl methyl sites for hydroxylation is 4. The third kappa shape index (κ3) is 2.77. The molecule has 1 aromatic carbocycles. The first-order valence-electron chi connectivity index (χ1n) is 7.95. The molecule has 0 amide bonds. The van der Waals surface area contributed by atoms with E-state index < -0.39 is 0 Å². The molecule has 0 N–H and O–H groups in total. The van der Waals surface area contributed by atoms with Gasteiger partial charge in [0.2, 0.25) is 0 Å². The Kier molecular flexibility index (Phi) is 3.99. The summed E-state index contributed by atoms with van der Waals surface area (Å²) in [6.07, 6.45) is 3.78. The standard InChI is InChI=1S/C21H22N2/c1-13-10-14(2)19(15(3)11-13)20-16(4)12-23-21(17(20)5)18-8-6-7-9-22-18/h6-12H,1-5H3. The summed E-state index contributed by atoms with van der Waals surface area (Å²) in [5.41, 5.74) is 10.8. The molecule has 0 aliphatic carbocycles. The Morgan fingerprint density at radius 3 is 2.04 bits per heavy atom. The van der Waals surface area contributed by atoms with Crippen molar-refractivity contribution in [1.29, 1.82) is 0 Å². The minimum absolute atomic E-state index is 0.925. The first-order valence-corrected chi connectivity index (χ1v) is 7.95. The Morgan fingerprint density at radius 1 is 0.739 bits per heavy atom. The lowest BCUT2D eigenvalue weighted by atomic mass is 9.88. The van der Waals surface area contributed by atoms with Crippen molar-refractivity contribution < 1.29 is 0 Å². The zero-order valence-electron chi connectivity index (χ0n) is 14.4. The van der Waals surface area contributed by atoms with Gasteiger partial charge in [0.25, 0.3) is 0 Å². The van der Waals surface area contributed by atoms with Gasteiger partial charge in [0.1, 0.15) is 0 Å². The van der Waals surface area contributed by atoms with E-state index in [-0.39, 0.29) is 0 Å². The maximum absolute atomic E-state index is 4.65. The molecule has 2 nitrogen and oxygen atoms in total. The van der Waals surface area contributed by atoms with Gasteiger partial charge in [-0.25, -0.2) is 0 Å². The molecule has 0 spiro atoms. The van der Waals surface area contributed by atoms with Crippen molar-refractivity contribution in [2.24, 2.45) is 0 Å². The fraction of sp³-hybridized carbons (Fsp3) is 0.238. The molecule has 0 bridgehead atoms. The van der Waals surface area contributed by atoms with Crippen molar-refractivity contribution in [3.63, 3.8) is 0 Å². The van der Waals surface area contributed by atoms with Crippen molar-refractivity contribution in [3.05, 3.63) is 70.5 Å². The predicted octanol–water partition coefficient (Wildman–Crippen LogP) is 5.35. The van der Waals surface area contributed by atoms with Crippen LogP contribution in [-0.4, -0.2) is 9.97 Å². The zero-order valence-corrected chi connectivity index (χ0v) is 14.4. The molecular formula is C21H22N2. The minimum atomic E-state index is 0.925. The second kappa shape index (κ2) is 5.96. The van der Waals surface area contributed by atoms with Crippen LogP contribution in [0.1, 0.15) is 27.8 Å². The highest BCUT2D eigenvalue weighted by Gasteiger charge is 2.16. The molecule has 3 rings (SSSR count). The third-order valence-corrected chi connectivity index (χ3v) is 4.35. The van der Waals surface area contributed by atoms with E-state index in [0.717, 1.165) is 11.4 Å². The Hall–Kier alpha value is -2.48. The van der Waals surface area contributed by atoms with Crippen LogP contribution in [0.25, 0.3) is 22.5 Å². The molecule has 0 saturated heterocycles. The van der Waals surface area contributed by atoms with Crippen LogP contribution in [0, 0.1) is 34.6 Å². The second-order valence-corrected chi connectivity index (χ2v) is 6.28. The number of nitrogens with zero attached hydrogens (tertiary/aromatic N) is 2. The van der Waals surface area contributed by atoms with Crippen molar-refractivity contribution in [3.8, 4) is 22.5 Å². The SMILES string of the molecule is Cc1cc(C)c(-c2c(C)cnc(-c3ccccn3)c2C)c(C)c1. The van der Waals surface area contributed by atoms with Crippen LogP contribution in [0.15, 0.2) is 42.7 Å². The van der Waals surface area contributed by atoms with Gasteiger partial charge in [-0.1, -0.05) is 23.8 Å². The van der Waals surface area contributed by atoms with E-state index in [1.54, 1.807) is 0 Å². The number of rotatable bonds is 2. The first-order chi connectivity index (χ1) is 11.0. The average Bonchev–Trinajstić information content (AvgIpc) is 2.50. The summed E-state index contributed by atoms with van der Waals surface area (Å²) in [6.45, 7) is 10.8. The molecule has 0 aliphatic rings. The lowest BCUT2D eigenvalue weighted by molar-refractivity contribution is 1.18. The predicted molar refractivity (Wildman–Crippen MR) is 96.6 cm³/mol. The maximum Gasteiger partial charge on any atom is 0.0921 e. The van der Waals surface area contributed by atoms with E-state index in [2.05, 4.69) is 56.7 Å². The number of aromatic nitrogens is 2. The molecule has 3 aromatic rings. The van der Waals surface area contributed by atoms with E-state index in [0.29, 0.717) is 0 Å². The number of pyridine rings is 2. The van der Waals surface area contributed by atoms with Crippen molar-refractivity contribution in [2.45, 2.75) is 34.6 Å². The van der Waals surface area contributed by atoms with Gasteiger partial charge in [-0.3, -0.25) is 9.97 Å². The highest BCUT2D eigenvalue weighted by atomic mass is 14.8. The van der Waals surface area contributed by atoms with Crippen molar-refractivity contribution in [2.75, 3.05) is 0 Å². The van der Waals surface area contributed by atoms with E-state index >= 15 is 0 Å². The second-order valence-electron chi connectivity index (χ2n) is 6.28. The quantitative estimate of drug-likeness (QED) is 0.637. The molecule has 0 atom stereocenters. The third-order valence-electron chi connectivity index (χ3n) is 4.35. The molecule has 0 aliphatic heterocycles. The van der Waals surface area contributed by atoms with Crippen molar-refractivity contribution >= 4 is 0 Å². The minimum Gasteiger partial charge on any atom is -0.255 e. The molecule has 2 heteroatoms. The topological polar surface area (TPSA) is 25.8 Å². The Balaban J connectivity index is 2.29. The van der Waals surface area contributed by atoms with Crippen LogP contribution in [0.2, 0.25) is 0 Å². The van der Waals surface area contributed by atoms with E-state index in [1.807, 2.05) is 30.6 Å². The Bertz CT molecular complexity index is 842. The van der Waals surface area contributed by atoms with E-state index in [4.69, 9.17) is 0 Å². The van der Waals surface area contributed by atoms with Gasteiger partial charge in [-0.05, 0) is 80.1 Å². The fourth-order valence-corrected chi connectivity index (χ4v) is 3.46. The number of benzene rings is 1. The van der Waals surface area contributed by atoms with Crippen LogP contribution in [0.3, 0.4) is 0 Å². The van der Waals surface area contributed by atoms with Gasteiger partial charge in [0.05, 0.1) is 11.4 Å². The van der Waals surface area contributed by atoms with E-state index in [1.165, 1.54) is 38.9 Å². The Morgan fingerprint density at radius 2 is 1.43 bits per heavy atom. The summed E-state index contributed by atoms with van der Waals surface area (Å²) in [7, 11) is 0. The van der Waals surface area contributed by atoms with Crippen LogP contribution < -0.4 is 0 Å². The molecule has 116 valence electrons. The van der Waals surface area contributed by atoms with Crippen LogP contribution in [-0.2, 0) is 0 Å². The van der Waals surface area contributed by atoms with Crippen LogP contribution >= 0.6 is 0 Å². The zero-order chi connectivity index (χ0) is 16.6. The smallest absolute Gasteiger partial charge is 0.0921 e. The van der Waals surface area contributed by atoms with Crippen molar-refractivity contribution in [1.82, 2.24) is 9.97 Å². The van der Waals surface area contributed by atoms with Gasteiger partial charge in [-0.15, -0.1) is 0 Å². The molecule has 2 heterocycles. The van der Waals surface area contributed by atoms with E-state index in [9.17, 15) is 0 Å². The summed E-state index contributed by atoms with van der Waals surface area (Å²) in [6, 6.07) is 10.5. The maximum atomic E-state index is 4.65. The highest BCUT2D eigenvalue weighted by molar-refractivity contribution is 5.80. The van der Waals surface area contributed by atoms with Gasteiger partial charge < -0.3 is 0 Å². The van der Waals surface area contributed by atoms with Gasteiger partial charge in [0, 0.05) is 12.4 Å². The molecule has 2 aromatic heterocycles. The molecule has 0 unspecified atom stereocenters. The Labute approximate surface area is 138 Å². The summed E-state index contributed by atoms with van der Waals surface area (Å²) >= 11 is 0. The van der Waals surface area contributed by atoms with Crippen LogP contribution in [0.5, 0.6) is 0 Å². The average molecular weight is 302 g/mol. The molecule has 0 saturated carbocycles. The molecule has 0 radical (unpaired) electrons. The highest BCUT2D eigenvalue weighted by Crippen LogP contribution is 2.36. The summed E-state index contributed by atoms with van der Waals surface area (Å²) in [5.74, 6) is 0. The fourth-order valence-electron chi connectivity index (χ4n) is 3.46. The molecule has 0 fully saturated rings. The lowest BCUT2D eigenvalue weighted by Crippen LogP contribution is -2.00. The van der Waals surface area contributed by atoms with Gasteiger partial charge >= 0.3 is 0 Å². The van der Waals surface area contributed by atoms with Gasteiger partial charge in [-0.2, -0.15) is 0 Å².